The third-order valence-corrected chi connectivity index (χ3v) is 7.07. The number of carbonyl (C=O) groups excluding carboxylic acids is 1. The van der Waals surface area contributed by atoms with Gasteiger partial charge in [0, 0.05) is 22.6 Å². The molecular formula is C19H18ClF3N4O3S2. The van der Waals surface area contributed by atoms with E-state index in [0.29, 0.717) is 46.0 Å². The van der Waals surface area contributed by atoms with E-state index in [0.717, 1.165) is 17.7 Å². The summed E-state index contributed by atoms with van der Waals surface area (Å²) in [6.45, 7) is 0.567. The predicted octanol–water partition coefficient (Wildman–Crippen LogP) is 5.58. The first-order valence-electron chi connectivity index (χ1n) is 9.72. The molecule has 2 aromatic heterocycles. The Kier molecular flexibility index (Phi) is 6.94. The lowest BCUT2D eigenvalue weighted by molar-refractivity contribution is -0.140. The molecule has 3 aromatic rings. The smallest absolute Gasteiger partial charge is 0.445 e. The second-order valence-electron chi connectivity index (χ2n) is 7.00. The summed E-state index contributed by atoms with van der Waals surface area (Å²) < 4.78 is 51.4. The normalized spacial score (nSPS) is 17.1. The Morgan fingerprint density at radius 3 is 2.84 bits per heavy atom. The molecule has 0 spiro atoms. The molecule has 0 bridgehead atoms. The van der Waals surface area contributed by atoms with Gasteiger partial charge in [0.2, 0.25) is 5.01 Å². The number of rotatable bonds is 6. The zero-order valence-corrected chi connectivity index (χ0v) is 19.2. The van der Waals surface area contributed by atoms with E-state index in [4.69, 9.17) is 16.3 Å². The van der Waals surface area contributed by atoms with E-state index < -0.39 is 11.2 Å². The van der Waals surface area contributed by atoms with Crippen LogP contribution in [-0.4, -0.2) is 45.4 Å². The van der Waals surface area contributed by atoms with Gasteiger partial charge in [-0.25, -0.2) is 4.68 Å². The fourth-order valence-corrected chi connectivity index (χ4v) is 5.34. The Morgan fingerprint density at radius 2 is 2.19 bits per heavy atom. The van der Waals surface area contributed by atoms with Crippen LogP contribution in [0.25, 0.3) is 21.6 Å². The molecule has 0 saturated carbocycles. The van der Waals surface area contributed by atoms with Crippen LogP contribution in [0.2, 0.25) is 5.02 Å². The standard InChI is InChI=1S/C19H18ClF3N4O3S2/c1-29-14(28)5-7-31-10-8-11-15(17-24-25-18(32-17)19(21,22)23)26-27(16(11)12(20)9-10)13-4-2-3-6-30-13/h8-9,13H,2-7H2,1H3. The van der Waals surface area contributed by atoms with E-state index in [9.17, 15) is 18.0 Å². The van der Waals surface area contributed by atoms with Crippen molar-refractivity contribution in [1.82, 2.24) is 20.0 Å². The third kappa shape index (κ3) is 4.87. The molecule has 0 N–H and O–H groups in total. The fourth-order valence-electron chi connectivity index (χ4n) is 3.35. The summed E-state index contributed by atoms with van der Waals surface area (Å²) in [5.74, 6) is 0.127. The zero-order chi connectivity index (χ0) is 22.9. The Morgan fingerprint density at radius 1 is 1.38 bits per heavy atom. The summed E-state index contributed by atoms with van der Waals surface area (Å²) in [7, 11) is 1.32. The molecule has 7 nitrogen and oxygen atoms in total. The number of methoxy groups -OCH3 is 1. The third-order valence-electron chi connectivity index (χ3n) is 4.83. The molecule has 0 amide bonds. The molecule has 0 radical (unpaired) electrons. The summed E-state index contributed by atoms with van der Waals surface area (Å²) in [4.78, 5) is 12.1. The van der Waals surface area contributed by atoms with Crippen LogP contribution in [0.3, 0.4) is 0 Å². The van der Waals surface area contributed by atoms with Gasteiger partial charge in [0.25, 0.3) is 0 Å². The van der Waals surface area contributed by atoms with E-state index in [2.05, 4.69) is 20.0 Å². The van der Waals surface area contributed by atoms with Gasteiger partial charge in [0.1, 0.15) is 5.69 Å². The molecule has 1 fully saturated rings. The van der Waals surface area contributed by atoms with E-state index in [1.54, 1.807) is 16.8 Å². The highest BCUT2D eigenvalue weighted by Crippen LogP contribution is 2.41. The van der Waals surface area contributed by atoms with Gasteiger partial charge in [-0.3, -0.25) is 4.79 Å². The van der Waals surface area contributed by atoms with Gasteiger partial charge in [-0.1, -0.05) is 22.9 Å². The zero-order valence-electron chi connectivity index (χ0n) is 16.8. The van der Waals surface area contributed by atoms with Crippen molar-refractivity contribution in [3.63, 3.8) is 0 Å². The van der Waals surface area contributed by atoms with Gasteiger partial charge in [-0.2, -0.15) is 18.3 Å². The number of fused-ring (bicyclic) bond motifs is 1. The number of aromatic nitrogens is 4. The van der Waals surface area contributed by atoms with Gasteiger partial charge in [-0.15, -0.1) is 22.0 Å². The minimum absolute atomic E-state index is 0.0460. The molecule has 0 aliphatic carbocycles. The number of nitrogens with zero attached hydrogens (tertiary/aromatic N) is 4. The minimum atomic E-state index is -4.59. The van der Waals surface area contributed by atoms with Gasteiger partial charge in [0.05, 0.1) is 24.1 Å². The number of alkyl halides is 3. The number of hydrogen-bond donors (Lipinski definition) is 0. The minimum Gasteiger partial charge on any atom is -0.469 e. The Balaban J connectivity index is 1.78. The summed E-state index contributed by atoms with van der Waals surface area (Å²) in [6.07, 6.45) is -2.16. The largest absolute Gasteiger partial charge is 0.469 e. The van der Waals surface area contributed by atoms with Crippen LogP contribution in [0.1, 0.15) is 36.9 Å². The van der Waals surface area contributed by atoms with Crippen molar-refractivity contribution < 1.29 is 27.4 Å². The van der Waals surface area contributed by atoms with Crippen LogP contribution in [0.5, 0.6) is 0 Å². The Bertz CT molecular complexity index is 1130. The maximum absolute atomic E-state index is 13.1. The molecule has 1 aliphatic heterocycles. The number of halogens is 4. The quantitative estimate of drug-likeness (QED) is 0.319. The Hall–Kier alpha value is -1.89. The van der Waals surface area contributed by atoms with Gasteiger partial charge in [-0.05, 0) is 31.4 Å². The number of thioether (sulfide) groups is 1. The van der Waals surface area contributed by atoms with Crippen LogP contribution in [0.4, 0.5) is 13.2 Å². The number of esters is 1. The lowest BCUT2D eigenvalue weighted by Crippen LogP contribution is -2.19. The maximum Gasteiger partial charge on any atom is 0.445 e. The van der Waals surface area contributed by atoms with E-state index in [-0.39, 0.29) is 29.3 Å². The van der Waals surface area contributed by atoms with E-state index in [1.807, 2.05) is 0 Å². The second-order valence-corrected chi connectivity index (χ2v) is 9.55. The number of ether oxygens (including phenoxy) is 2. The lowest BCUT2D eigenvalue weighted by Gasteiger charge is -2.23. The summed E-state index contributed by atoms with van der Waals surface area (Å²) in [5, 5.41) is 11.5. The number of carbonyl (C=O) groups is 1. The molecule has 1 aliphatic rings. The second kappa shape index (κ2) is 9.54. The molecule has 172 valence electrons. The average Bonchev–Trinajstić information content (AvgIpc) is 3.39. The fraction of sp³-hybridized carbons (Fsp3) is 0.474. The van der Waals surface area contributed by atoms with E-state index >= 15 is 0 Å². The van der Waals surface area contributed by atoms with Crippen LogP contribution in [0.15, 0.2) is 17.0 Å². The van der Waals surface area contributed by atoms with Crippen molar-refractivity contribution >= 4 is 51.6 Å². The summed E-state index contributed by atoms with van der Waals surface area (Å²) >= 11 is 8.41. The SMILES string of the molecule is COC(=O)CCSc1cc(Cl)c2c(c1)c(-c1nnc(C(F)(F)F)s1)nn2C1CCCCO1. The van der Waals surface area contributed by atoms with Crippen molar-refractivity contribution in [2.24, 2.45) is 0 Å². The maximum atomic E-state index is 13.1. The first-order valence-corrected chi connectivity index (χ1v) is 11.9. The average molecular weight is 507 g/mol. The number of benzene rings is 1. The molecular weight excluding hydrogens is 489 g/mol. The summed E-state index contributed by atoms with van der Waals surface area (Å²) in [6, 6.07) is 3.54. The van der Waals surface area contributed by atoms with Crippen LogP contribution >= 0.6 is 34.7 Å². The first-order chi connectivity index (χ1) is 15.3. The molecule has 13 heteroatoms. The summed E-state index contributed by atoms with van der Waals surface area (Å²) in [5.41, 5.74) is 0.828. The van der Waals surface area contributed by atoms with Crippen LogP contribution in [0, 0.1) is 0 Å². The van der Waals surface area contributed by atoms with E-state index in [1.165, 1.54) is 18.9 Å². The molecule has 1 saturated heterocycles. The lowest BCUT2D eigenvalue weighted by atomic mass is 10.1. The molecule has 3 heterocycles. The van der Waals surface area contributed by atoms with Crippen molar-refractivity contribution in [3.8, 4) is 10.7 Å². The van der Waals surface area contributed by atoms with Gasteiger partial charge in [0.15, 0.2) is 11.2 Å². The molecule has 1 atom stereocenters. The van der Waals surface area contributed by atoms with Gasteiger partial charge >= 0.3 is 12.1 Å². The molecule has 1 aromatic carbocycles. The highest BCUT2D eigenvalue weighted by molar-refractivity contribution is 7.99. The van der Waals surface area contributed by atoms with Gasteiger partial charge < -0.3 is 9.47 Å². The van der Waals surface area contributed by atoms with Crippen molar-refractivity contribution in [2.75, 3.05) is 19.5 Å². The topological polar surface area (TPSA) is 79.1 Å². The molecule has 1 unspecified atom stereocenters. The predicted molar refractivity (Wildman–Crippen MR) is 115 cm³/mol. The monoisotopic (exact) mass is 506 g/mol. The molecule has 32 heavy (non-hydrogen) atoms. The van der Waals surface area contributed by atoms with Crippen molar-refractivity contribution in [2.45, 2.75) is 43.0 Å². The van der Waals surface area contributed by atoms with Crippen LogP contribution in [-0.2, 0) is 20.4 Å². The van der Waals surface area contributed by atoms with Crippen LogP contribution < -0.4 is 0 Å². The Labute approximate surface area is 194 Å². The number of hydrogen-bond acceptors (Lipinski definition) is 8. The van der Waals surface area contributed by atoms with Crippen molar-refractivity contribution in [3.05, 3.63) is 22.2 Å². The highest BCUT2D eigenvalue weighted by atomic mass is 35.5. The van der Waals surface area contributed by atoms with Crippen molar-refractivity contribution in [1.29, 1.82) is 0 Å². The highest BCUT2D eigenvalue weighted by Gasteiger charge is 2.36. The first kappa shape index (κ1) is 23.3. The molecule has 4 rings (SSSR count).